The minimum atomic E-state index is -0.460. The minimum Gasteiger partial charge on any atom is -0.460 e. The highest BCUT2D eigenvalue weighted by Crippen LogP contribution is 2.25. The van der Waals surface area contributed by atoms with Crippen LogP contribution in [0.2, 0.25) is 0 Å². The predicted molar refractivity (Wildman–Crippen MR) is 92.3 cm³/mol. The molecule has 0 N–H and O–H groups in total. The van der Waals surface area contributed by atoms with Crippen molar-refractivity contribution in [1.82, 2.24) is 0 Å². The predicted octanol–water partition coefficient (Wildman–Crippen LogP) is 2.68. The van der Waals surface area contributed by atoms with Crippen molar-refractivity contribution in [3.05, 3.63) is 0 Å². The fraction of sp³-hybridized carbons (Fsp3) is 0.842. The lowest BCUT2D eigenvalue weighted by molar-refractivity contribution is -0.172. The first-order chi connectivity index (χ1) is 12.5. The van der Waals surface area contributed by atoms with Crippen LogP contribution >= 0.6 is 0 Å². The van der Waals surface area contributed by atoms with Crippen LogP contribution in [0.25, 0.3) is 0 Å². The van der Waals surface area contributed by atoms with Crippen molar-refractivity contribution in [2.24, 2.45) is 0 Å². The molecule has 0 aromatic carbocycles. The molecular weight excluding hydrogens is 340 g/mol. The molecule has 2 aliphatic carbocycles. The van der Waals surface area contributed by atoms with E-state index < -0.39 is 18.0 Å². The van der Waals surface area contributed by atoms with E-state index in [4.69, 9.17) is 18.9 Å². The van der Waals surface area contributed by atoms with Crippen LogP contribution < -0.4 is 0 Å². The standard InChI is InChI=1S/C19H30O7/c1-13(20)24-16-9-5-6-10-17(16)26-19(22)12-11-18(21)25-15-8-4-3-7-14(15)23-2/h14-17H,3-12H2,1-2H3/t14-,15-,16-,17-/m0/s1. The van der Waals surface area contributed by atoms with Crippen LogP contribution in [-0.2, 0) is 33.3 Å². The van der Waals surface area contributed by atoms with Crippen LogP contribution in [0.1, 0.15) is 71.1 Å². The average molecular weight is 370 g/mol. The number of carbonyl (C=O) groups excluding carboxylic acids is 3. The number of hydrogen-bond donors (Lipinski definition) is 0. The maximum absolute atomic E-state index is 12.1. The summed E-state index contributed by atoms with van der Waals surface area (Å²) in [5.41, 5.74) is 0. The van der Waals surface area contributed by atoms with Crippen LogP contribution in [0.4, 0.5) is 0 Å². The van der Waals surface area contributed by atoms with Crippen molar-refractivity contribution in [3.63, 3.8) is 0 Å². The molecule has 0 unspecified atom stereocenters. The first kappa shape index (κ1) is 20.7. The number of esters is 3. The lowest BCUT2D eigenvalue weighted by Crippen LogP contribution is -2.37. The van der Waals surface area contributed by atoms with Gasteiger partial charge in [0.2, 0.25) is 0 Å². The molecule has 26 heavy (non-hydrogen) atoms. The largest absolute Gasteiger partial charge is 0.460 e. The Morgan fingerprint density at radius 3 is 1.50 bits per heavy atom. The van der Waals surface area contributed by atoms with E-state index in [-0.39, 0.29) is 37.1 Å². The molecule has 0 spiro atoms. The Morgan fingerprint density at radius 1 is 0.692 bits per heavy atom. The molecule has 7 nitrogen and oxygen atoms in total. The minimum absolute atomic E-state index is 0.0171. The third-order valence-corrected chi connectivity index (χ3v) is 5.00. The highest BCUT2D eigenvalue weighted by atomic mass is 16.6. The third kappa shape index (κ3) is 6.59. The smallest absolute Gasteiger partial charge is 0.306 e. The van der Waals surface area contributed by atoms with Crippen molar-refractivity contribution < 1.29 is 33.3 Å². The summed E-state index contributed by atoms with van der Waals surface area (Å²) in [6, 6.07) is 0. The first-order valence-corrected chi connectivity index (χ1v) is 9.58. The van der Waals surface area contributed by atoms with E-state index >= 15 is 0 Å². The first-order valence-electron chi connectivity index (χ1n) is 9.58. The van der Waals surface area contributed by atoms with Crippen LogP contribution in [0, 0.1) is 0 Å². The highest BCUT2D eigenvalue weighted by molar-refractivity contribution is 5.78. The summed E-state index contributed by atoms with van der Waals surface area (Å²) >= 11 is 0. The topological polar surface area (TPSA) is 88.1 Å². The van der Waals surface area contributed by atoms with Gasteiger partial charge in [-0.15, -0.1) is 0 Å². The second-order valence-electron chi connectivity index (χ2n) is 7.05. The third-order valence-electron chi connectivity index (χ3n) is 5.00. The zero-order chi connectivity index (χ0) is 18.9. The number of rotatable bonds is 7. The van der Waals surface area contributed by atoms with Gasteiger partial charge in [-0.25, -0.2) is 0 Å². The van der Waals surface area contributed by atoms with Crippen molar-refractivity contribution >= 4 is 17.9 Å². The Labute approximate surface area is 154 Å². The molecule has 4 atom stereocenters. The lowest BCUT2D eigenvalue weighted by atomic mass is 9.94. The molecular formula is C19H30O7. The van der Waals surface area contributed by atoms with Crippen molar-refractivity contribution in [1.29, 1.82) is 0 Å². The maximum Gasteiger partial charge on any atom is 0.306 e. The lowest BCUT2D eigenvalue weighted by Gasteiger charge is -2.30. The van der Waals surface area contributed by atoms with Crippen LogP contribution in [-0.4, -0.2) is 49.4 Å². The van der Waals surface area contributed by atoms with Gasteiger partial charge in [0.25, 0.3) is 0 Å². The summed E-state index contributed by atoms with van der Waals surface area (Å²) < 4.78 is 21.5. The molecule has 2 saturated carbocycles. The van der Waals surface area contributed by atoms with Crippen LogP contribution in [0.3, 0.4) is 0 Å². The molecule has 2 rings (SSSR count). The SMILES string of the molecule is CO[C@H]1CCCC[C@@H]1OC(=O)CCC(=O)O[C@H]1CCCC[C@@H]1OC(C)=O. The summed E-state index contributed by atoms with van der Waals surface area (Å²) in [5, 5.41) is 0. The zero-order valence-electron chi connectivity index (χ0n) is 15.7. The quantitative estimate of drug-likeness (QED) is 0.503. The van der Waals surface area contributed by atoms with Gasteiger partial charge in [0.05, 0.1) is 18.9 Å². The summed E-state index contributed by atoms with van der Waals surface area (Å²) in [4.78, 5) is 35.3. The van der Waals surface area contributed by atoms with E-state index in [9.17, 15) is 14.4 Å². The van der Waals surface area contributed by atoms with Crippen molar-refractivity contribution in [2.75, 3.05) is 7.11 Å². The van der Waals surface area contributed by atoms with Crippen molar-refractivity contribution in [2.45, 2.75) is 95.5 Å². The van der Waals surface area contributed by atoms with Gasteiger partial charge in [0, 0.05) is 14.0 Å². The van der Waals surface area contributed by atoms with E-state index in [2.05, 4.69) is 0 Å². The molecule has 2 fully saturated rings. The average Bonchev–Trinajstić information content (AvgIpc) is 2.62. The molecule has 0 radical (unpaired) electrons. The summed E-state index contributed by atoms with van der Waals surface area (Å²) in [6.07, 6.45) is 5.84. The van der Waals surface area contributed by atoms with Gasteiger partial charge in [-0.2, -0.15) is 0 Å². The molecule has 0 heterocycles. The van der Waals surface area contributed by atoms with Crippen LogP contribution in [0.15, 0.2) is 0 Å². The number of methoxy groups -OCH3 is 1. The van der Waals surface area contributed by atoms with E-state index in [1.54, 1.807) is 7.11 Å². The fourth-order valence-corrected chi connectivity index (χ4v) is 3.67. The van der Waals surface area contributed by atoms with Gasteiger partial charge < -0.3 is 18.9 Å². The molecule has 148 valence electrons. The zero-order valence-corrected chi connectivity index (χ0v) is 15.7. The Kier molecular flexibility index (Phi) is 8.35. The molecule has 0 bridgehead atoms. The molecule has 7 heteroatoms. The number of hydrogen-bond acceptors (Lipinski definition) is 7. The summed E-state index contributed by atoms with van der Waals surface area (Å²) in [7, 11) is 1.62. The molecule has 0 saturated heterocycles. The van der Waals surface area contributed by atoms with Gasteiger partial charge in [-0.3, -0.25) is 14.4 Å². The van der Waals surface area contributed by atoms with Gasteiger partial charge in [-0.1, -0.05) is 6.42 Å². The van der Waals surface area contributed by atoms with Gasteiger partial charge in [0.15, 0.2) is 0 Å². The van der Waals surface area contributed by atoms with Gasteiger partial charge in [-0.05, 0) is 44.9 Å². The molecule has 2 aliphatic rings. The Bertz CT molecular complexity index is 490. The monoisotopic (exact) mass is 370 g/mol. The number of carbonyl (C=O) groups is 3. The van der Waals surface area contributed by atoms with Crippen LogP contribution in [0.5, 0.6) is 0 Å². The van der Waals surface area contributed by atoms with Gasteiger partial charge in [0.1, 0.15) is 18.3 Å². The van der Waals surface area contributed by atoms with E-state index in [1.165, 1.54) is 6.92 Å². The number of ether oxygens (including phenoxy) is 4. The second-order valence-corrected chi connectivity index (χ2v) is 7.05. The Hall–Kier alpha value is -1.63. The maximum atomic E-state index is 12.1. The second kappa shape index (κ2) is 10.5. The van der Waals surface area contributed by atoms with Crippen molar-refractivity contribution in [3.8, 4) is 0 Å². The Morgan fingerprint density at radius 2 is 1.08 bits per heavy atom. The molecule has 0 amide bonds. The Balaban J connectivity index is 1.73. The summed E-state index contributed by atoms with van der Waals surface area (Å²) in [6.45, 7) is 1.35. The van der Waals surface area contributed by atoms with E-state index in [0.29, 0.717) is 12.8 Å². The normalized spacial score (nSPS) is 28.8. The van der Waals surface area contributed by atoms with Gasteiger partial charge >= 0.3 is 17.9 Å². The van der Waals surface area contributed by atoms with E-state index in [0.717, 1.165) is 38.5 Å². The van der Waals surface area contributed by atoms with E-state index in [1.807, 2.05) is 0 Å². The molecule has 0 aliphatic heterocycles. The highest BCUT2D eigenvalue weighted by Gasteiger charge is 2.31. The molecule has 0 aromatic rings. The fourth-order valence-electron chi connectivity index (χ4n) is 3.67. The molecule has 0 aromatic heterocycles. The summed E-state index contributed by atoms with van der Waals surface area (Å²) in [5.74, 6) is -1.24.